The molecule has 27 heavy (non-hydrogen) atoms. The summed E-state index contributed by atoms with van der Waals surface area (Å²) < 4.78 is 5.38. The second kappa shape index (κ2) is 9.81. The van der Waals surface area contributed by atoms with Crippen molar-refractivity contribution >= 4 is 17.7 Å². The Morgan fingerprint density at radius 3 is 2.63 bits per heavy atom. The Labute approximate surface area is 166 Å². The lowest BCUT2D eigenvalue weighted by atomic mass is 10.0. The van der Waals surface area contributed by atoms with Crippen molar-refractivity contribution in [3.05, 3.63) is 59.7 Å². The van der Waals surface area contributed by atoms with Crippen LogP contribution in [0.1, 0.15) is 30.0 Å². The average Bonchev–Trinajstić information content (AvgIpc) is 3.22. The monoisotopic (exact) mass is 384 g/mol. The smallest absolute Gasteiger partial charge is 0.230 e. The minimum Gasteiger partial charge on any atom is -0.497 e. The lowest BCUT2D eigenvalue weighted by Gasteiger charge is -2.28. The zero-order valence-electron chi connectivity index (χ0n) is 16.1. The number of nitrogens with one attached hydrogen (secondary N) is 1. The Morgan fingerprint density at radius 2 is 1.93 bits per heavy atom. The normalized spacial score (nSPS) is 15.5. The van der Waals surface area contributed by atoms with Gasteiger partial charge < -0.3 is 10.1 Å². The van der Waals surface area contributed by atoms with Crippen molar-refractivity contribution in [2.75, 3.05) is 32.5 Å². The largest absolute Gasteiger partial charge is 0.497 e. The van der Waals surface area contributed by atoms with E-state index < -0.39 is 0 Å². The van der Waals surface area contributed by atoms with Crippen molar-refractivity contribution in [1.29, 1.82) is 0 Å². The highest BCUT2D eigenvalue weighted by Crippen LogP contribution is 2.27. The number of hydrogen-bond donors (Lipinski definition) is 1. The third-order valence-electron chi connectivity index (χ3n) is 4.94. The summed E-state index contributed by atoms with van der Waals surface area (Å²) in [6.45, 7) is 4.85. The van der Waals surface area contributed by atoms with Gasteiger partial charge in [0.15, 0.2) is 0 Å². The number of likely N-dealkylation sites (tertiary alicyclic amines) is 1. The number of thioether (sulfide) groups is 1. The van der Waals surface area contributed by atoms with Crippen LogP contribution in [0.4, 0.5) is 0 Å². The molecule has 144 valence electrons. The zero-order chi connectivity index (χ0) is 19.1. The number of rotatable bonds is 8. The van der Waals surface area contributed by atoms with Gasteiger partial charge in [0, 0.05) is 11.4 Å². The van der Waals surface area contributed by atoms with Gasteiger partial charge in [0.2, 0.25) is 5.91 Å². The maximum absolute atomic E-state index is 12.4. The number of benzene rings is 2. The standard InChI is InChI=1S/C22H28N2O2S/c1-17-8-10-20(11-9-17)27-16-22(25)23-15-21(24-12-3-4-13-24)18-6-5-7-19(14-18)26-2/h5-11,14,21H,3-4,12-13,15-16H2,1-2H3,(H,23,25). The first-order valence-corrected chi connectivity index (χ1v) is 10.5. The molecule has 1 heterocycles. The second-order valence-electron chi connectivity index (χ2n) is 6.94. The average molecular weight is 385 g/mol. The van der Waals surface area contributed by atoms with Crippen molar-refractivity contribution in [2.24, 2.45) is 0 Å². The van der Waals surface area contributed by atoms with Crippen LogP contribution < -0.4 is 10.1 Å². The van der Waals surface area contributed by atoms with Crippen LogP contribution in [0.25, 0.3) is 0 Å². The van der Waals surface area contributed by atoms with Crippen LogP contribution in [0.15, 0.2) is 53.4 Å². The maximum Gasteiger partial charge on any atom is 0.230 e. The van der Waals surface area contributed by atoms with Gasteiger partial charge >= 0.3 is 0 Å². The summed E-state index contributed by atoms with van der Waals surface area (Å²) in [6, 6.07) is 16.7. The molecule has 2 aromatic rings. The van der Waals surface area contributed by atoms with Crippen LogP contribution >= 0.6 is 11.8 Å². The fourth-order valence-electron chi connectivity index (χ4n) is 3.40. The Balaban J connectivity index is 1.58. The third-order valence-corrected chi connectivity index (χ3v) is 5.96. The molecule has 1 N–H and O–H groups in total. The topological polar surface area (TPSA) is 41.6 Å². The zero-order valence-corrected chi connectivity index (χ0v) is 16.9. The molecule has 1 saturated heterocycles. The van der Waals surface area contributed by atoms with Crippen LogP contribution in [-0.2, 0) is 4.79 Å². The fraction of sp³-hybridized carbons (Fsp3) is 0.409. The van der Waals surface area contributed by atoms with E-state index in [1.165, 1.54) is 24.0 Å². The van der Waals surface area contributed by atoms with Crippen molar-refractivity contribution in [2.45, 2.75) is 30.7 Å². The molecule has 1 aliphatic heterocycles. The Morgan fingerprint density at radius 1 is 1.19 bits per heavy atom. The molecule has 0 saturated carbocycles. The van der Waals surface area contributed by atoms with Gasteiger partial charge in [0.05, 0.1) is 18.9 Å². The number of hydrogen-bond acceptors (Lipinski definition) is 4. The first-order chi connectivity index (χ1) is 13.2. The quantitative estimate of drug-likeness (QED) is 0.697. The molecule has 0 radical (unpaired) electrons. The summed E-state index contributed by atoms with van der Waals surface area (Å²) in [5.41, 5.74) is 2.43. The summed E-state index contributed by atoms with van der Waals surface area (Å²) >= 11 is 1.58. The van der Waals surface area contributed by atoms with Gasteiger partial charge in [-0.15, -0.1) is 11.8 Å². The van der Waals surface area contributed by atoms with Gasteiger partial charge in [-0.05, 0) is 62.7 Å². The van der Waals surface area contributed by atoms with E-state index in [0.29, 0.717) is 12.3 Å². The van der Waals surface area contributed by atoms with Crippen LogP contribution in [0.2, 0.25) is 0 Å². The lowest BCUT2D eigenvalue weighted by molar-refractivity contribution is -0.118. The molecule has 3 rings (SSSR count). The molecule has 1 aliphatic rings. The number of methoxy groups -OCH3 is 1. The van der Waals surface area contributed by atoms with E-state index in [2.05, 4.69) is 53.5 Å². The summed E-state index contributed by atoms with van der Waals surface area (Å²) in [6.07, 6.45) is 2.44. The van der Waals surface area contributed by atoms with E-state index in [4.69, 9.17) is 4.74 Å². The summed E-state index contributed by atoms with van der Waals surface area (Å²) in [4.78, 5) is 16.0. The molecule has 1 atom stereocenters. The van der Waals surface area contributed by atoms with Gasteiger partial charge in [-0.2, -0.15) is 0 Å². The Hall–Kier alpha value is -1.98. The van der Waals surface area contributed by atoms with E-state index >= 15 is 0 Å². The predicted molar refractivity (Wildman–Crippen MR) is 111 cm³/mol. The third kappa shape index (κ3) is 5.75. The summed E-state index contributed by atoms with van der Waals surface area (Å²) in [7, 11) is 1.69. The van der Waals surface area contributed by atoms with E-state index in [0.717, 1.165) is 23.7 Å². The number of amides is 1. The van der Waals surface area contributed by atoms with E-state index in [1.54, 1.807) is 18.9 Å². The molecular formula is C22H28N2O2S. The first kappa shape index (κ1) is 19.8. The van der Waals surface area contributed by atoms with E-state index in [9.17, 15) is 4.79 Å². The van der Waals surface area contributed by atoms with Gasteiger partial charge in [-0.25, -0.2) is 0 Å². The SMILES string of the molecule is COc1cccc(C(CNC(=O)CSc2ccc(C)cc2)N2CCCC2)c1. The minimum absolute atomic E-state index is 0.0765. The van der Waals surface area contributed by atoms with Crippen LogP contribution in [-0.4, -0.2) is 43.3 Å². The first-order valence-electron chi connectivity index (χ1n) is 9.50. The van der Waals surface area contributed by atoms with Gasteiger partial charge in [0.1, 0.15) is 5.75 Å². The Kier molecular flexibility index (Phi) is 7.18. The van der Waals surface area contributed by atoms with Gasteiger partial charge in [-0.1, -0.05) is 29.8 Å². The van der Waals surface area contributed by atoms with Crippen LogP contribution in [0, 0.1) is 6.92 Å². The summed E-state index contributed by atoms with van der Waals surface area (Å²) in [5, 5.41) is 3.13. The van der Waals surface area contributed by atoms with Crippen LogP contribution in [0.3, 0.4) is 0 Å². The lowest BCUT2D eigenvalue weighted by Crippen LogP contribution is -2.37. The van der Waals surface area contributed by atoms with E-state index in [-0.39, 0.29) is 11.9 Å². The highest BCUT2D eigenvalue weighted by atomic mass is 32.2. The molecule has 0 spiro atoms. The molecule has 0 aliphatic carbocycles. The van der Waals surface area contributed by atoms with Crippen molar-refractivity contribution in [3.8, 4) is 5.75 Å². The fourth-order valence-corrected chi connectivity index (χ4v) is 4.13. The highest BCUT2D eigenvalue weighted by Gasteiger charge is 2.24. The molecule has 1 fully saturated rings. The molecule has 5 heteroatoms. The molecule has 1 unspecified atom stereocenters. The number of carbonyl (C=O) groups excluding carboxylic acids is 1. The van der Waals surface area contributed by atoms with Gasteiger partial charge in [0.25, 0.3) is 0 Å². The molecule has 0 aromatic heterocycles. The molecule has 1 amide bonds. The maximum atomic E-state index is 12.4. The number of ether oxygens (including phenoxy) is 1. The van der Waals surface area contributed by atoms with Gasteiger partial charge in [-0.3, -0.25) is 9.69 Å². The van der Waals surface area contributed by atoms with Crippen molar-refractivity contribution < 1.29 is 9.53 Å². The van der Waals surface area contributed by atoms with E-state index in [1.807, 2.05) is 12.1 Å². The molecule has 0 bridgehead atoms. The number of aryl methyl sites for hydroxylation is 1. The predicted octanol–water partition coefficient (Wildman–Crippen LogP) is 4.05. The van der Waals surface area contributed by atoms with Crippen molar-refractivity contribution in [1.82, 2.24) is 10.2 Å². The molecule has 2 aromatic carbocycles. The Bertz CT molecular complexity index is 742. The second-order valence-corrected chi connectivity index (χ2v) is 7.99. The number of nitrogens with zero attached hydrogens (tertiary/aromatic N) is 1. The highest BCUT2D eigenvalue weighted by molar-refractivity contribution is 8.00. The van der Waals surface area contributed by atoms with Crippen LogP contribution in [0.5, 0.6) is 5.75 Å². The minimum atomic E-state index is 0.0765. The summed E-state index contributed by atoms with van der Waals surface area (Å²) in [5.74, 6) is 1.37. The molecule has 4 nitrogen and oxygen atoms in total. The number of carbonyl (C=O) groups is 1. The molecular weight excluding hydrogens is 356 g/mol. The van der Waals surface area contributed by atoms with Crippen molar-refractivity contribution in [3.63, 3.8) is 0 Å².